The molecule has 11 atom stereocenters. The second-order valence-electron chi connectivity index (χ2n) is 22.6. The van der Waals surface area contributed by atoms with Gasteiger partial charge < -0.3 is 62.3 Å². The third-order valence-electron chi connectivity index (χ3n) is 16.5. The molecule has 8 rings (SSSR count). The molecule has 0 saturated carbocycles. The van der Waals surface area contributed by atoms with Crippen molar-refractivity contribution in [2.45, 2.75) is 112 Å². The quantitative estimate of drug-likeness (QED) is 0.0499. The van der Waals surface area contributed by atoms with Gasteiger partial charge in [-0.25, -0.2) is 0 Å². The van der Waals surface area contributed by atoms with Crippen LogP contribution in [0.5, 0.6) is 5.75 Å². The molecule has 464 valence electrons. The van der Waals surface area contributed by atoms with Gasteiger partial charge in [-0.15, -0.1) is 11.8 Å². The maximum absolute atomic E-state index is 15.3. The summed E-state index contributed by atoms with van der Waals surface area (Å²) in [7, 11) is -2.34. The smallest absolute Gasteiger partial charge is 0.243 e. The molecule has 11 N–H and O–H groups in total. The Morgan fingerprint density at radius 3 is 1.99 bits per heavy atom. The number of nitrogens with zero attached hydrogens (tertiary/aromatic N) is 1. The maximum Gasteiger partial charge on any atom is 0.243 e. The lowest BCUT2D eigenvalue weighted by Crippen LogP contribution is -2.56. The number of amides is 7. The van der Waals surface area contributed by atoms with E-state index in [9.17, 15) is 58.5 Å². The number of Topliss-reactive ketones (excluding diaryl/α,β-unsaturated/α-hetero) is 2. The molecule has 4 heterocycles. The Kier molecular flexibility index (Phi) is 22.3. The molecule has 7 amide bonds. The normalized spacial score (nSPS) is 24.3. The number of aliphatic hydroxyl groups excluding tert-OH is 3. The highest BCUT2D eigenvalue weighted by molar-refractivity contribution is 8.00. The average Bonchev–Trinajstić information content (AvgIpc) is 1.72. The minimum Gasteiger partial charge on any atom is -0.493 e. The first-order valence-electron chi connectivity index (χ1n) is 29.2. The van der Waals surface area contributed by atoms with Crippen LogP contribution in [0.2, 0.25) is 0 Å². The predicted molar refractivity (Wildman–Crippen MR) is 325 cm³/mol. The largest absolute Gasteiger partial charge is 0.493 e. The van der Waals surface area contributed by atoms with Gasteiger partial charge in [-0.2, -0.15) is 0 Å². The number of rotatable bonds is 16. The van der Waals surface area contributed by atoms with E-state index in [1.807, 2.05) is 54.6 Å². The summed E-state index contributed by atoms with van der Waals surface area (Å²) in [6, 6.07) is 29.7. The van der Waals surface area contributed by atoms with Crippen LogP contribution in [0, 0.1) is 23.7 Å². The van der Waals surface area contributed by atoms with Crippen molar-refractivity contribution in [3.8, 4) is 5.75 Å². The van der Waals surface area contributed by atoms with Crippen molar-refractivity contribution in [3.05, 3.63) is 131 Å². The number of aliphatic hydroxyl groups is 3. The molecule has 1 saturated heterocycles. The minimum atomic E-state index is -2.34. The molecule has 0 spiro atoms. The molecule has 1 aromatic heterocycles. The SMILES string of the molecule is CC[C@H](C)[C@@H]1NC(=O)CNC(=O)C2CC(=O)[C@H]([C@@H](C)[C@@H](O)CO)NC(=O)[C@@H]3CC(O)CN3C(=O)[C@H](CC(N)=O)CC(=O)C(CS(=O)c3[nH]c4cc(OCCCSC(c5ccccc5)(c5ccccc5)c5ccccc5)ccc4c3C2)NC(=O)CNC1=O. The number of benzene rings is 4. The molecule has 0 aliphatic carbocycles. The van der Waals surface area contributed by atoms with E-state index >= 15 is 4.21 Å². The number of hydrogen-bond acceptors (Lipinski definition) is 15. The highest BCUT2D eigenvalue weighted by Gasteiger charge is 2.45. The highest BCUT2D eigenvalue weighted by atomic mass is 32.2. The number of nitrogens with two attached hydrogens (primary N) is 1. The third kappa shape index (κ3) is 15.7. The highest BCUT2D eigenvalue weighted by Crippen LogP contribution is 2.48. The molecule has 4 unspecified atom stereocenters. The van der Waals surface area contributed by atoms with E-state index in [1.165, 1.54) is 6.92 Å². The van der Waals surface area contributed by atoms with Crippen LogP contribution in [0.1, 0.15) is 81.5 Å². The summed E-state index contributed by atoms with van der Waals surface area (Å²) in [5, 5.41) is 45.2. The summed E-state index contributed by atoms with van der Waals surface area (Å²) in [5.74, 6) is -12.5. The zero-order valence-corrected chi connectivity index (χ0v) is 50.4. The van der Waals surface area contributed by atoms with E-state index in [1.54, 1.807) is 43.8 Å². The van der Waals surface area contributed by atoms with Crippen molar-refractivity contribution in [3.63, 3.8) is 0 Å². The molecule has 22 nitrogen and oxygen atoms in total. The van der Waals surface area contributed by atoms with Gasteiger partial charge in [0, 0.05) is 55.5 Å². The van der Waals surface area contributed by atoms with Gasteiger partial charge in [0.25, 0.3) is 0 Å². The Morgan fingerprint density at radius 1 is 0.782 bits per heavy atom. The van der Waals surface area contributed by atoms with Crippen LogP contribution in [-0.2, 0) is 65.1 Å². The number of primary amides is 1. The molecular weight excluding hydrogens is 1160 g/mol. The number of H-pyrrole nitrogens is 1. The summed E-state index contributed by atoms with van der Waals surface area (Å²) in [5.41, 5.74) is 9.52. The molecule has 5 aromatic rings. The van der Waals surface area contributed by atoms with Gasteiger partial charge >= 0.3 is 0 Å². The van der Waals surface area contributed by atoms with Gasteiger partial charge in [0.05, 0.1) is 83.3 Å². The number of nitrogens with one attached hydrogen (secondary N) is 6. The molecule has 24 heteroatoms. The number of carbonyl (C=O) groups excluding carboxylic acids is 9. The van der Waals surface area contributed by atoms with Gasteiger partial charge in [0.15, 0.2) is 11.6 Å². The Bertz CT molecular complexity index is 3240. The van der Waals surface area contributed by atoms with Gasteiger partial charge in [0.2, 0.25) is 41.4 Å². The van der Waals surface area contributed by atoms with Crippen LogP contribution >= 0.6 is 11.8 Å². The Morgan fingerprint density at radius 2 is 1.39 bits per heavy atom. The fraction of sp³-hybridized carbons (Fsp3) is 0.444. The van der Waals surface area contributed by atoms with Crippen LogP contribution in [0.4, 0.5) is 0 Å². The van der Waals surface area contributed by atoms with Crippen molar-refractivity contribution >= 4 is 86.4 Å². The van der Waals surface area contributed by atoms with Crippen molar-refractivity contribution in [2.24, 2.45) is 29.4 Å². The molecular formula is C63H76N8O14S2. The van der Waals surface area contributed by atoms with Crippen molar-refractivity contribution in [2.75, 3.05) is 44.4 Å². The van der Waals surface area contributed by atoms with Gasteiger partial charge in [-0.1, -0.05) is 118 Å². The number of ketones is 2. The van der Waals surface area contributed by atoms with Crippen molar-refractivity contribution in [1.82, 2.24) is 36.5 Å². The third-order valence-corrected chi connectivity index (χ3v) is 19.6. The summed E-state index contributed by atoms with van der Waals surface area (Å²) in [6.07, 6.45) is -4.98. The lowest BCUT2D eigenvalue weighted by Gasteiger charge is -2.35. The first kappa shape index (κ1) is 65.2. The van der Waals surface area contributed by atoms with E-state index in [0.29, 0.717) is 35.2 Å². The first-order valence-corrected chi connectivity index (χ1v) is 31.5. The molecule has 1 fully saturated rings. The molecule has 87 heavy (non-hydrogen) atoms. The van der Waals surface area contributed by atoms with Crippen LogP contribution in [0.25, 0.3) is 10.9 Å². The van der Waals surface area contributed by atoms with Gasteiger partial charge in [0.1, 0.15) is 22.9 Å². The lowest BCUT2D eigenvalue weighted by molar-refractivity contribution is -0.145. The summed E-state index contributed by atoms with van der Waals surface area (Å²) in [4.78, 5) is 132. The van der Waals surface area contributed by atoms with Crippen LogP contribution in [0.15, 0.2) is 114 Å². The van der Waals surface area contributed by atoms with Crippen LogP contribution in [0.3, 0.4) is 0 Å². The topological polar surface area (TPSA) is 346 Å². The van der Waals surface area contributed by atoms with Crippen LogP contribution in [-0.4, -0.2) is 163 Å². The van der Waals surface area contributed by atoms with Gasteiger partial charge in [-0.05, 0) is 58.9 Å². The average molecular weight is 1230 g/mol. The van der Waals surface area contributed by atoms with E-state index in [4.69, 9.17) is 10.5 Å². The number of hydrogen-bond donors (Lipinski definition) is 10. The Labute approximate surface area is 510 Å². The van der Waals surface area contributed by atoms with E-state index < -0.39 is 180 Å². The van der Waals surface area contributed by atoms with E-state index in [-0.39, 0.29) is 30.0 Å². The second-order valence-corrected chi connectivity index (χ2v) is 25.3. The van der Waals surface area contributed by atoms with Crippen LogP contribution < -0.4 is 37.1 Å². The molecule has 0 radical (unpaired) electrons. The molecule has 3 aliphatic rings. The number of fused-ring (bicyclic) bond motifs is 5. The second kappa shape index (κ2) is 29.8. The molecule has 3 aliphatic heterocycles. The monoisotopic (exact) mass is 1230 g/mol. The summed E-state index contributed by atoms with van der Waals surface area (Å²) in [6.45, 7) is 2.32. The fourth-order valence-corrected chi connectivity index (χ4v) is 14.5. The Hall–Kier alpha value is -7.77. The molecule has 4 aromatic carbocycles. The zero-order valence-electron chi connectivity index (χ0n) is 48.7. The summed E-state index contributed by atoms with van der Waals surface area (Å²) < 4.78 is 21.1. The van der Waals surface area contributed by atoms with E-state index in [0.717, 1.165) is 21.6 Å². The number of aromatic nitrogens is 1. The molecule has 2 bridgehead atoms. The number of thioether (sulfide) groups is 1. The van der Waals surface area contributed by atoms with Crippen molar-refractivity contribution in [1.29, 1.82) is 0 Å². The van der Waals surface area contributed by atoms with Crippen molar-refractivity contribution < 1.29 is 67.4 Å². The van der Waals surface area contributed by atoms with Gasteiger partial charge in [-0.3, -0.25) is 47.4 Å². The van der Waals surface area contributed by atoms with E-state index in [2.05, 4.69) is 68.0 Å². The first-order chi connectivity index (χ1) is 41.7. The fourth-order valence-electron chi connectivity index (χ4n) is 11.6. The lowest BCUT2D eigenvalue weighted by atomic mass is 9.84. The maximum atomic E-state index is 15.3. The minimum absolute atomic E-state index is 0.0489. The standard InChI is InChI=1S/C63H76N8O14S2/c1-4-36(2)56-60(82)66-31-54(78)67-48-35-87(84)61-46(45-22-21-44(30-47(45)68-61)85-23-14-24-86-63(40-15-8-5-9-16-40,41-17-10-6-11-18-41)42-19-12-7-13-20-42)25-38(58(80)65-32-55(79)69-56)26-51(75)57(37(3)52(76)34-72)70-59(81)49-29-43(73)33-71(49)62(83)39(27-50(48)74)28-53(64)77/h5-13,15-22,30,36-39,43,48-49,52,56-57,68,72-73,76H,4,14,23-29,31-35H2,1-3H3,(H2,64,77)(H,65,80)(H,66,82)(H,67,78)(H,69,79)(H,70,81)/t36-,37-,38?,39-,43?,48?,49-,52-,56-,57-,87?/m0/s1. The Balaban J connectivity index is 1.20. The zero-order chi connectivity index (χ0) is 62.5. The summed E-state index contributed by atoms with van der Waals surface area (Å²) >= 11 is 1.77. The number of carbonyl (C=O) groups is 9. The number of aromatic amines is 1. The number of ether oxygens (including phenoxy) is 1. The predicted octanol–water partition coefficient (Wildman–Crippen LogP) is 2.05.